The fraction of sp³-hybridized carbons (Fsp3) is 0.0500. The van der Waals surface area contributed by atoms with Gasteiger partial charge in [-0.1, -0.05) is 6.07 Å². The Labute approximate surface area is 159 Å². The number of hydrogen-bond acceptors (Lipinski definition) is 5. The number of pyridine rings is 1. The molecule has 0 fully saturated rings. The SMILES string of the molecule is N=C(c1cn2ccccc2n1)c1cc(NC(=O)Cc2ccsc2)ccc1N. The molecule has 0 saturated carbocycles. The van der Waals surface area contributed by atoms with Gasteiger partial charge in [-0.2, -0.15) is 11.3 Å². The number of rotatable bonds is 5. The summed E-state index contributed by atoms with van der Waals surface area (Å²) in [5.41, 5.74) is 10.2. The molecule has 0 atom stereocenters. The molecule has 3 heterocycles. The molecule has 7 heteroatoms. The Morgan fingerprint density at radius 1 is 1.26 bits per heavy atom. The molecule has 0 saturated heterocycles. The molecule has 27 heavy (non-hydrogen) atoms. The van der Waals surface area contributed by atoms with E-state index < -0.39 is 0 Å². The van der Waals surface area contributed by atoms with E-state index in [9.17, 15) is 4.79 Å². The fourth-order valence-electron chi connectivity index (χ4n) is 2.83. The van der Waals surface area contributed by atoms with E-state index in [4.69, 9.17) is 11.1 Å². The van der Waals surface area contributed by atoms with Gasteiger partial charge in [0.25, 0.3) is 0 Å². The Bertz CT molecular complexity index is 1100. The van der Waals surface area contributed by atoms with Crippen LogP contribution in [0.1, 0.15) is 16.8 Å². The van der Waals surface area contributed by atoms with Gasteiger partial charge in [-0.05, 0) is 52.7 Å². The number of hydrogen-bond donors (Lipinski definition) is 3. The number of imidazole rings is 1. The van der Waals surface area contributed by atoms with E-state index in [-0.39, 0.29) is 11.6 Å². The molecule has 6 nitrogen and oxygen atoms in total. The molecule has 1 aromatic carbocycles. The summed E-state index contributed by atoms with van der Waals surface area (Å²) in [6.07, 6.45) is 3.98. The number of benzene rings is 1. The number of anilines is 2. The lowest BCUT2D eigenvalue weighted by atomic mass is 10.0. The van der Waals surface area contributed by atoms with Crippen LogP contribution in [0.5, 0.6) is 0 Å². The minimum absolute atomic E-state index is 0.108. The maximum Gasteiger partial charge on any atom is 0.228 e. The molecule has 3 aromatic heterocycles. The van der Waals surface area contributed by atoms with Crippen molar-refractivity contribution in [3.05, 3.63) is 82.4 Å². The number of carbonyl (C=O) groups excluding carboxylic acids is 1. The monoisotopic (exact) mass is 375 g/mol. The maximum absolute atomic E-state index is 12.2. The highest BCUT2D eigenvalue weighted by molar-refractivity contribution is 7.08. The van der Waals surface area contributed by atoms with Gasteiger partial charge in [0, 0.05) is 29.3 Å². The Balaban J connectivity index is 1.58. The van der Waals surface area contributed by atoms with Crippen molar-refractivity contribution in [2.45, 2.75) is 6.42 Å². The average Bonchev–Trinajstić information content (AvgIpc) is 3.32. The van der Waals surface area contributed by atoms with Crippen LogP contribution in [-0.2, 0) is 11.2 Å². The zero-order valence-electron chi connectivity index (χ0n) is 14.3. The molecule has 4 rings (SSSR count). The molecular weight excluding hydrogens is 358 g/mol. The van der Waals surface area contributed by atoms with E-state index in [0.717, 1.165) is 11.2 Å². The van der Waals surface area contributed by atoms with Crippen molar-refractivity contribution in [1.29, 1.82) is 5.41 Å². The first-order valence-corrected chi connectivity index (χ1v) is 9.28. The van der Waals surface area contributed by atoms with E-state index in [2.05, 4.69) is 10.3 Å². The molecule has 0 radical (unpaired) electrons. The van der Waals surface area contributed by atoms with Crippen LogP contribution < -0.4 is 11.1 Å². The number of thiophene rings is 1. The average molecular weight is 375 g/mol. The summed E-state index contributed by atoms with van der Waals surface area (Å²) >= 11 is 1.56. The first-order valence-electron chi connectivity index (χ1n) is 8.33. The molecule has 0 bridgehead atoms. The highest BCUT2D eigenvalue weighted by Gasteiger charge is 2.14. The van der Waals surface area contributed by atoms with Gasteiger partial charge in [-0.25, -0.2) is 4.98 Å². The third-order valence-electron chi connectivity index (χ3n) is 4.17. The Morgan fingerprint density at radius 3 is 2.93 bits per heavy atom. The zero-order valence-corrected chi connectivity index (χ0v) is 15.2. The van der Waals surface area contributed by atoms with Gasteiger partial charge in [0.1, 0.15) is 11.3 Å². The molecule has 0 aliphatic rings. The molecule has 134 valence electrons. The van der Waals surface area contributed by atoms with Crippen LogP contribution in [0, 0.1) is 5.41 Å². The number of nitrogens with one attached hydrogen (secondary N) is 2. The smallest absolute Gasteiger partial charge is 0.228 e. The molecule has 4 aromatic rings. The number of aromatic nitrogens is 2. The van der Waals surface area contributed by atoms with Crippen molar-refractivity contribution in [2.75, 3.05) is 11.1 Å². The van der Waals surface area contributed by atoms with Crippen molar-refractivity contribution < 1.29 is 4.79 Å². The van der Waals surface area contributed by atoms with Crippen molar-refractivity contribution >= 4 is 40.0 Å². The van der Waals surface area contributed by atoms with Gasteiger partial charge in [0.05, 0.1) is 12.1 Å². The van der Waals surface area contributed by atoms with Gasteiger partial charge in [-0.3, -0.25) is 10.2 Å². The van der Waals surface area contributed by atoms with E-state index in [1.165, 1.54) is 0 Å². The van der Waals surface area contributed by atoms with Gasteiger partial charge in [0.2, 0.25) is 5.91 Å². The molecule has 0 unspecified atom stereocenters. The summed E-state index contributed by atoms with van der Waals surface area (Å²) in [5.74, 6) is -0.108. The summed E-state index contributed by atoms with van der Waals surface area (Å²) in [4.78, 5) is 16.7. The van der Waals surface area contributed by atoms with Crippen molar-refractivity contribution in [1.82, 2.24) is 9.38 Å². The molecule has 0 aliphatic carbocycles. The third-order valence-corrected chi connectivity index (χ3v) is 4.90. The predicted octanol–water partition coefficient (Wildman–Crippen LogP) is 3.58. The number of nitrogens with zero attached hydrogens (tertiary/aromatic N) is 2. The maximum atomic E-state index is 12.2. The van der Waals surface area contributed by atoms with Crippen LogP contribution in [0.2, 0.25) is 0 Å². The predicted molar refractivity (Wildman–Crippen MR) is 109 cm³/mol. The van der Waals surface area contributed by atoms with Gasteiger partial charge < -0.3 is 15.5 Å². The Hall–Kier alpha value is -3.45. The Morgan fingerprint density at radius 2 is 2.15 bits per heavy atom. The van der Waals surface area contributed by atoms with E-state index >= 15 is 0 Å². The topological polar surface area (TPSA) is 96.3 Å². The van der Waals surface area contributed by atoms with Gasteiger partial charge in [0.15, 0.2) is 0 Å². The standard InChI is InChI=1S/C20H17N5OS/c21-16-5-4-14(23-19(26)9-13-6-8-27-12-13)10-15(16)20(22)17-11-25-7-2-1-3-18(25)24-17/h1-8,10-12,22H,9,21H2,(H,23,26). The molecule has 0 spiro atoms. The van der Waals surface area contributed by atoms with Crippen molar-refractivity contribution in [3.8, 4) is 0 Å². The highest BCUT2D eigenvalue weighted by atomic mass is 32.1. The minimum atomic E-state index is -0.108. The second-order valence-corrected chi connectivity index (χ2v) is 6.91. The number of fused-ring (bicyclic) bond motifs is 1. The summed E-state index contributed by atoms with van der Waals surface area (Å²) in [7, 11) is 0. The second kappa shape index (κ2) is 7.05. The number of nitrogens with two attached hydrogens (primary N) is 1. The van der Waals surface area contributed by atoms with Crippen LogP contribution >= 0.6 is 11.3 Å². The van der Waals surface area contributed by atoms with Crippen LogP contribution in [0.25, 0.3) is 5.65 Å². The van der Waals surface area contributed by atoms with Gasteiger partial charge in [-0.15, -0.1) is 0 Å². The third kappa shape index (κ3) is 3.58. The molecule has 1 amide bonds. The first-order chi connectivity index (χ1) is 13.1. The van der Waals surface area contributed by atoms with Gasteiger partial charge >= 0.3 is 0 Å². The van der Waals surface area contributed by atoms with Crippen molar-refractivity contribution in [3.63, 3.8) is 0 Å². The molecule has 0 aliphatic heterocycles. The summed E-state index contributed by atoms with van der Waals surface area (Å²) < 4.78 is 1.85. The quantitative estimate of drug-likeness (QED) is 0.367. The summed E-state index contributed by atoms with van der Waals surface area (Å²) in [6, 6.07) is 12.8. The minimum Gasteiger partial charge on any atom is -0.398 e. The number of amides is 1. The lowest BCUT2D eigenvalue weighted by Crippen LogP contribution is -2.15. The van der Waals surface area contributed by atoms with Crippen LogP contribution in [0.4, 0.5) is 11.4 Å². The second-order valence-electron chi connectivity index (χ2n) is 6.13. The van der Waals surface area contributed by atoms with Crippen LogP contribution in [-0.4, -0.2) is 21.0 Å². The normalized spacial score (nSPS) is 10.8. The molecule has 4 N–H and O–H groups in total. The van der Waals surface area contributed by atoms with Crippen molar-refractivity contribution in [2.24, 2.45) is 0 Å². The van der Waals surface area contributed by atoms with Crippen LogP contribution in [0.15, 0.2) is 65.6 Å². The fourth-order valence-corrected chi connectivity index (χ4v) is 3.50. The molecular formula is C20H17N5OS. The van der Waals surface area contributed by atoms with E-state index in [1.54, 1.807) is 35.7 Å². The van der Waals surface area contributed by atoms with E-state index in [1.807, 2.05) is 45.6 Å². The number of nitrogen functional groups attached to an aromatic ring is 1. The highest BCUT2D eigenvalue weighted by Crippen LogP contribution is 2.22. The first kappa shape index (κ1) is 17.0. The number of carbonyl (C=O) groups is 1. The Kier molecular flexibility index (Phi) is 4.43. The zero-order chi connectivity index (χ0) is 18.8. The lowest BCUT2D eigenvalue weighted by molar-refractivity contribution is -0.115. The summed E-state index contributed by atoms with van der Waals surface area (Å²) in [5, 5.41) is 15.3. The summed E-state index contributed by atoms with van der Waals surface area (Å²) in [6.45, 7) is 0. The van der Waals surface area contributed by atoms with Crippen LogP contribution in [0.3, 0.4) is 0 Å². The lowest BCUT2D eigenvalue weighted by Gasteiger charge is -2.10. The largest absolute Gasteiger partial charge is 0.398 e. The van der Waals surface area contributed by atoms with E-state index in [0.29, 0.717) is 29.1 Å².